The maximum Gasteiger partial charge on any atom is 0.232 e. The van der Waals surface area contributed by atoms with Crippen LogP contribution in [0.3, 0.4) is 0 Å². The van der Waals surface area contributed by atoms with Gasteiger partial charge in [-0.1, -0.05) is 0 Å². The highest BCUT2D eigenvalue weighted by Gasteiger charge is 2.23. The maximum atomic E-state index is 5.23. The summed E-state index contributed by atoms with van der Waals surface area (Å²) in [7, 11) is 0. The molecule has 1 atom stereocenters. The van der Waals surface area contributed by atoms with Crippen molar-refractivity contribution in [1.82, 2.24) is 9.97 Å². The Kier molecular flexibility index (Phi) is 1.69. The lowest BCUT2D eigenvalue weighted by molar-refractivity contribution is 0.254. The number of hydrogen-bond acceptors (Lipinski definition) is 4. The highest BCUT2D eigenvalue weighted by atomic mass is 16.6. The van der Waals surface area contributed by atoms with E-state index in [9.17, 15) is 0 Å². The second-order valence-electron chi connectivity index (χ2n) is 2.31. The molecule has 11 heavy (non-hydrogen) atoms. The lowest BCUT2D eigenvalue weighted by atomic mass is 10.5. The molecule has 0 spiro atoms. The van der Waals surface area contributed by atoms with E-state index in [1.54, 1.807) is 18.6 Å². The van der Waals surface area contributed by atoms with Crippen LogP contribution in [-0.2, 0) is 4.74 Å². The molecule has 0 aliphatic carbocycles. The lowest BCUT2D eigenvalue weighted by Crippen LogP contribution is -2.05. The van der Waals surface area contributed by atoms with Crippen molar-refractivity contribution in [3.05, 3.63) is 18.6 Å². The monoisotopic (exact) mass is 152 g/mol. The minimum absolute atomic E-state index is 0.275. The molecule has 1 aliphatic rings. The molecular formula is C7H8N2O2. The van der Waals surface area contributed by atoms with Gasteiger partial charge in [0.15, 0.2) is 0 Å². The summed E-state index contributed by atoms with van der Waals surface area (Å²) in [5.41, 5.74) is 0. The highest BCUT2D eigenvalue weighted by Crippen LogP contribution is 2.10. The van der Waals surface area contributed by atoms with Crippen molar-refractivity contribution in [3.8, 4) is 5.88 Å². The van der Waals surface area contributed by atoms with E-state index in [0.29, 0.717) is 12.5 Å². The molecule has 0 amide bonds. The zero-order valence-corrected chi connectivity index (χ0v) is 5.93. The fourth-order valence-electron chi connectivity index (χ4n) is 0.703. The predicted molar refractivity (Wildman–Crippen MR) is 37.3 cm³/mol. The zero-order chi connectivity index (χ0) is 7.52. The van der Waals surface area contributed by atoms with E-state index >= 15 is 0 Å². The molecule has 0 radical (unpaired) electrons. The fraction of sp³-hybridized carbons (Fsp3) is 0.429. The van der Waals surface area contributed by atoms with Crippen molar-refractivity contribution in [2.75, 3.05) is 13.2 Å². The number of hydrogen-bond donors (Lipinski definition) is 0. The first-order chi connectivity index (χ1) is 5.45. The first-order valence-electron chi connectivity index (χ1n) is 3.45. The van der Waals surface area contributed by atoms with Gasteiger partial charge in [-0.15, -0.1) is 0 Å². The van der Waals surface area contributed by atoms with Crippen molar-refractivity contribution in [3.63, 3.8) is 0 Å². The summed E-state index contributed by atoms with van der Waals surface area (Å²) in [6.07, 6.45) is 5.07. The predicted octanol–water partition coefficient (Wildman–Crippen LogP) is 0.254. The van der Waals surface area contributed by atoms with Crippen LogP contribution in [-0.4, -0.2) is 29.3 Å². The van der Waals surface area contributed by atoms with Gasteiger partial charge in [-0.2, -0.15) is 0 Å². The Hall–Kier alpha value is -1.16. The molecular weight excluding hydrogens is 144 g/mol. The second-order valence-corrected chi connectivity index (χ2v) is 2.31. The molecule has 0 N–H and O–H groups in total. The van der Waals surface area contributed by atoms with Crippen molar-refractivity contribution >= 4 is 0 Å². The maximum absolute atomic E-state index is 5.23. The standard InChI is InChI=1S/C7H8N2O2/c1-2-9-7(3-8-1)11-5-6-4-10-6/h1-3,6H,4-5H2/t6-/m0/s1. The van der Waals surface area contributed by atoms with E-state index in [1.165, 1.54) is 0 Å². The van der Waals surface area contributed by atoms with Gasteiger partial charge in [-0.3, -0.25) is 4.98 Å². The van der Waals surface area contributed by atoms with Crippen LogP contribution in [0, 0.1) is 0 Å². The average Bonchev–Trinajstić information content (AvgIpc) is 2.86. The summed E-state index contributed by atoms with van der Waals surface area (Å²) in [4.78, 5) is 7.79. The quantitative estimate of drug-likeness (QED) is 0.582. The third-order valence-corrected chi connectivity index (χ3v) is 1.36. The third kappa shape index (κ3) is 1.88. The molecule has 1 saturated heterocycles. The summed E-state index contributed by atoms with van der Waals surface area (Å²) in [6.45, 7) is 1.39. The first kappa shape index (κ1) is 6.54. The SMILES string of the molecule is c1cnc(OC[C@@H]2CO2)cn1. The Labute approximate surface area is 64.2 Å². The molecule has 4 nitrogen and oxygen atoms in total. The van der Waals surface area contributed by atoms with Gasteiger partial charge in [0.05, 0.1) is 12.8 Å². The van der Waals surface area contributed by atoms with Gasteiger partial charge < -0.3 is 9.47 Å². The molecule has 1 aromatic heterocycles. The molecule has 2 rings (SSSR count). The van der Waals surface area contributed by atoms with Crippen molar-refractivity contribution in [2.45, 2.75) is 6.10 Å². The largest absolute Gasteiger partial charge is 0.474 e. The molecule has 58 valence electrons. The van der Waals surface area contributed by atoms with Gasteiger partial charge in [-0.25, -0.2) is 4.98 Å². The highest BCUT2D eigenvalue weighted by molar-refractivity contribution is 5.01. The summed E-state index contributed by atoms with van der Waals surface area (Å²) >= 11 is 0. The zero-order valence-electron chi connectivity index (χ0n) is 5.93. The van der Waals surface area contributed by atoms with Gasteiger partial charge in [0.1, 0.15) is 12.7 Å². The summed E-state index contributed by atoms with van der Waals surface area (Å²) in [5, 5.41) is 0. The normalized spacial score (nSPS) is 21.3. The Bertz CT molecular complexity index is 223. The number of aromatic nitrogens is 2. The molecule has 1 aromatic rings. The average molecular weight is 152 g/mol. The summed E-state index contributed by atoms with van der Waals surface area (Å²) in [6, 6.07) is 0. The third-order valence-electron chi connectivity index (χ3n) is 1.36. The second kappa shape index (κ2) is 2.84. The van der Waals surface area contributed by atoms with E-state index in [2.05, 4.69) is 9.97 Å². The molecule has 1 aliphatic heterocycles. The Morgan fingerprint density at radius 2 is 2.55 bits per heavy atom. The summed E-state index contributed by atoms with van der Waals surface area (Å²) in [5.74, 6) is 0.558. The minimum atomic E-state index is 0.275. The topological polar surface area (TPSA) is 47.5 Å². The van der Waals surface area contributed by atoms with Gasteiger partial charge in [0.25, 0.3) is 0 Å². The van der Waals surface area contributed by atoms with Crippen LogP contribution < -0.4 is 4.74 Å². The molecule has 0 saturated carbocycles. The van der Waals surface area contributed by atoms with Gasteiger partial charge in [0, 0.05) is 12.4 Å². The van der Waals surface area contributed by atoms with Crippen LogP contribution in [0.2, 0.25) is 0 Å². The van der Waals surface area contributed by atoms with Crippen molar-refractivity contribution < 1.29 is 9.47 Å². The van der Waals surface area contributed by atoms with Crippen LogP contribution in [0.25, 0.3) is 0 Å². The van der Waals surface area contributed by atoms with Crippen LogP contribution >= 0.6 is 0 Å². The lowest BCUT2D eigenvalue weighted by Gasteiger charge is -1.99. The van der Waals surface area contributed by atoms with Crippen LogP contribution in [0.5, 0.6) is 5.88 Å². The molecule has 0 bridgehead atoms. The Balaban J connectivity index is 1.85. The molecule has 2 heterocycles. The van der Waals surface area contributed by atoms with E-state index < -0.39 is 0 Å². The van der Waals surface area contributed by atoms with Crippen molar-refractivity contribution in [2.24, 2.45) is 0 Å². The van der Waals surface area contributed by atoms with Crippen molar-refractivity contribution in [1.29, 1.82) is 0 Å². The van der Waals surface area contributed by atoms with Gasteiger partial charge in [-0.05, 0) is 0 Å². The number of ether oxygens (including phenoxy) is 2. The fourth-order valence-corrected chi connectivity index (χ4v) is 0.703. The molecule has 0 aromatic carbocycles. The summed E-state index contributed by atoms with van der Waals surface area (Å²) < 4.78 is 10.2. The molecule has 1 fully saturated rings. The van der Waals surface area contributed by atoms with E-state index in [0.717, 1.165) is 6.61 Å². The van der Waals surface area contributed by atoms with E-state index in [-0.39, 0.29) is 6.10 Å². The van der Waals surface area contributed by atoms with Gasteiger partial charge >= 0.3 is 0 Å². The molecule has 4 heteroatoms. The number of rotatable bonds is 3. The number of epoxide rings is 1. The van der Waals surface area contributed by atoms with Crippen LogP contribution in [0.1, 0.15) is 0 Å². The molecule has 0 unspecified atom stereocenters. The number of nitrogens with zero attached hydrogens (tertiary/aromatic N) is 2. The Morgan fingerprint density at radius 3 is 3.18 bits per heavy atom. The van der Waals surface area contributed by atoms with E-state index in [1.807, 2.05) is 0 Å². The smallest absolute Gasteiger partial charge is 0.232 e. The minimum Gasteiger partial charge on any atom is -0.474 e. The van der Waals surface area contributed by atoms with Crippen LogP contribution in [0.15, 0.2) is 18.6 Å². The van der Waals surface area contributed by atoms with Crippen LogP contribution in [0.4, 0.5) is 0 Å². The Morgan fingerprint density at radius 1 is 1.64 bits per heavy atom. The first-order valence-corrected chi connectivity index (χ1v) is 3.45. The van der Waals surface area contributed by atoms with E-state index in [4.69, 9.17) is 9.47 Å². The van der Waals surface area contributed by atoms with Gasteiger partial charge in [0.2, 0.25) is 5.88 Å².